The molecule has 0 saturated carbocycles. The number of anilines is 1. The molecule has 120 valence electrons. The Labute approximate surface area is 143 Å². The third kappa shape index (κ3) is 2.24. The van der Waals surface area contributed by atoms with Gasteiger partial charge in [-0.25, -0.2) is 0 Å². The fourth-order valence-corrected chi connectivity index (χ4v) is 3.96. The molecule has 0 bridgehead atoms. The molecule has 4 rings (SSSR count). The summed E-state index contributed by atoms with van der Waals surface area (Å²) in [6.07, 6.45) is 2.26. The molecule has 1 N–H and O–H groups in total. The number of nitrogens with one attached hydrogen (secondary N) is 1. The number of hydrogen-bond acceptors (Lipinski definition) is 4. The highest BCUT2D eigenvalue weighted by molar-refractivity contribution is 7.13. The van der Waals surface area contributed by atoms with Gasteiger partial charge >= 0.3 is 0 Å². The number of carbonyl (C=O) groups excluding carboxylic acids is 2. The maximum atomic E-state index is 13.0. The van der Waals surface area contributed by atoms with E-state index < -0.39 is 0 Å². The van der Waals surface area contributed by atoms with Gasteiger partial charge in [0.25, 0.3) is 0 Å². The number of nitrogens with zero attached hydrogens (tertiary/aromatic N) is 1. The van der Waals surface area contributed by atoms with Crippen molar-refractivity contribution in [1.29, 1.82) is 0 Å². The molecule has 3 aromatic rings. The molecular formula is C19H16N2O2S. The summed E-state index contributed by atoms with van der Waals surface area (Å²) < 4.78 is 5.56. The summed E-state index contributed by atoms with van der Waals surface area (Å²) in [5.74, 6) is -0.102. The molecule has 5 heteroatoms. The standard InChI is InChI=1S/C19H16N2O2S/c1-2-3-10-15(22)20-13-8-4-6-11-16(13)19(23)12-7-5-9-14-17(12)18(11)21-24-14/h4-9H,2-3,10H2,1H3,(H,20,22). The molecule has 0 spiro atoms. The van der Waals surface area contributed by atoms with E-state index in [2.05, 4.69) is 9.69 Å². The van der Waals surface area contributed by atoms with E-state index in [0.717, 1.165) is 34.2 Å². The lowest BCUT2D eigenvalue weighted by molar-refractivity contribution is -0.116. The van der Waals surface area contributed by atoms with Gasteiger partial charge in [-0.3, -0.25) is 9.59 Å². The fraction of sp³-hybridized carbons (Fsp3) is 0.211. The molecular weight excluding hydrogens is 320 g/mol. The highest BCUT2D eigenvalue weighted by Crippen LogP contribution is 2.42. The van der Waals surface area contributed by atoms with Gasteiger partial charge in [0.1, 0.15) is 0 Å². The minimum atomic E-state index is -0.0552. The lowest BCUT2D eigenvalue weighted by Gasteiger charge is -2.18. The van der Waals surface area contributed by atoms with Gasteiger partial charge in [-0.2, -0.15) is 4.37 Å². The molecule has 1 aliphatic carbocycles. The van der Waals surface area contributed by atoms with Gasteiger partial charge in [-0.15, -0.1) is 0 Å². The van der Waals surface area contributed by atoms with Gasteiger partial charge in [0.2, 0.25) is 5.91 Å². The van der Waals surface area contributed by atoms with E-state index in [-0.39, 0.29) is 11.7 Å². The normalized spacial score (nSPS) is 12.3. The number of benzene rings is 2. The Morgan fingerprint density at radius 1 is 1.17 bits per heavy atom. The Hall–Kier alpha value is -2.53. The first-order valence-electron chi connectivity index (χ1n) is 8.07. The van der Waals surface area contributed by atoms with E-state index in [9.17, 15) is 9.59 Å². The van der Waals surface area contributed by atoms with Crippen molar-refractivity contribution < 1.29 is 9.59 Å². The molecule has 1 aromatic heterocycles. The zero-order chi connectivity index (χ0) is 16.7. The SMILES string of the molecule is CCCCC(=O)Nc1cccc2c1C(=O)c1cccc3snc-2c13. The van der Waals surface area contributed by atoms with Gasteiger partial charge in [0.15, 0.2) is 5.78 Å². The molecule has 0 unspecified atom stereocenters. The number of aromatic nitrogens is 1. The molecule has 0 saturated heterocycles. The van der Waals surface area contributed by atoms with Crippen molar-refractivity contribution >= 4 is 39.0 Å². The maximum Gasteiger partial charge on any atom is 0.224 e. The van der Waals surface area contributed by atoms with Crippen LogP contribution in [0.2, 0.25) is 0 Å². The first-order chi connectivity index (χ1) is 11.7. The molecule has 0 aliphatic heterocycles. The number of carbonyl (C=O) groups is 2. The van der Waals surface area contributed by atoms with Crippen molar-refractivity contribution in [3.8, 4) is 11.3 Å². The number of fused-ring (bicyclic) bond motifs is 2. The average molecular weight is 336 g/mol. The van der Waals surface area contributed by atoms with Crippen LogP contribution in [0.15, 0.2) is 36.4 Å². The zero-order valence-corrected chi connectivity index (χ0v) is 14.1. The number of rotatable bonds is 4. The van der Waals surface area contributed by atoms with Crippen molar-refractivity contribution in [3.63, 3.8) is 0 Å². The van der Waals surface area contributed by atoms with Crippen LogP contribution in [-0.4, -0.2) is 16.1 Å². The second-order valence-electron chi connectivity index (χ2n) is 5.92. The molecule has 0 atom stereocenters. The number of amides is 1. The lowest BCUT2D eigenvalue weighted by Crippen LogP contribution is -2.17. The monoisotopic (exact) mass is 336 g/mol. The second kappa shape index (κ2) is 5.83. The minimum Gasteiger partial charge on any atom is -0.325 e. The predicted octanol–water partition coefficient (Wildman–Crippen LogP) is 4.64. The van der Waals surface area contributed by atoms with E-state index in [1.165, 1.54) is 11.5 Å². The Kier molecular flexibility index (Phi) is 3.65. The topological polar surface area (TPSA) is 59.1 Å². The first kappa shape index (κ1) is 15.0. The average Bonchev–Trinajstić information content (AvgIpc) is 3.03. The van der Waals surface area contributed by atoms with E-state index in [4.69, 9.17) is 0 Å². The van der Waals surface area contributed by atoms with Crippen LogP contribution < -0.4 is 5.32 Å². The lowest BCUT2D eigenvalue weighted by atomic mass is 9.86. The van der Waals surface area contributed by atoms with Crippen molar-refractivity contribution in [2.75, 3.05) is 5.32 Å². The number of ketones is 1. The van der Waals surface area contributed by atoms with Crippen molar-refractivity contribution in [1.82, 2.24) is 4.37 Å². The van der Waals surface area contributed by atoms with E-state index >= 15 is 0 Å². The zero-order valence-electron chi connectivity index (χ0n) is 13.3. The second-order valence-corrected chi connectivity index (χ2v) is 6.72. The van der Waals surface area contributed by atoms with Crippen LogP contribution in [0.5, 0.6) is 0 Å². The molecule has 24 heavy (non-hydrogen) atoms. The summed E-state index contributed by atoms with van der Waals surface area (Å²) in [5.41, 5.74) is 3.43. The van der Waals surface area contributed by atoms with Crippen LogP contribution in [0.25, 0.3) is 21.3 Å². The van der Waals surface area contributed by atoms with Crippen LogP contribution in [0.4, 0.5) is 5.69 Å². The molecule has 0 radical (unpaired) electrons. The quantitative estimate of drug-likeness (QED) is 0.591. The maximum absolute atomic E-state index is 13.0. The number of hydrogen-bond donors (Lipinski definition) is 1. The van der Waals surface area contributed by atoms with E-state index in [1.807, 2.05) is 37.3 Å². The van der Waals surface area contributed by atoms with Crippen LogP contribution >= 0.6 is 11.5 Å². The smallest absolute Gasteiger partial charge is 0.224 e. The van der Waals surface area contributed by atoms with Gasteiger partial charge in [0, 0.05) is 22.9 Å². The molecule has 0 fully saturated rings. The molecule has 1 heterocycles. The van der Waals surface area contributed by atoms with Gasteiger partial charge in [-0.1, -0.05) is 37.6 Å². The summed E-state index contributed by atoms with van der Waals surface area (Å²) in [5, 5.41) is 3.83. The van der Waals surface area contributed by atoms with Crippen LogP contribution in [0, 0.1) is 0 Å². The Morgan fingerprint density at radius 2 is 1.96 bits per heavy atom. The molecule has 4 nitrogen and oxygen atoms in total. The summed E-state index contributed by atoms with van der Waals surface area (Å²) in [6.45, 7) is 2.05. The number of unbranched alkanes of at least 4 members (excludes halogenated alkanes) is 1. The third-order valence-electron chi connectivity index (χ3n) is 4.32. The molecule has 1 amide bonds. The summed E-state index contributed by atoms with van der Waals surface area (Å²) in [6, 6.07) is 11.2. The Balaban J connectivity index is 1.84. The predicted molar refractivity (Wildman–Crippen MR) is 96.6 cm³/mol. The highest BCUT2D eigenvalue weighted by atomic mass is 32.1. The minimum absolute atomic E-state index is 0.0466. The van der Waals surface area contributed by atoms with Crippen LogP contribution in [-0.2, 0) is 4.79 Å². The largest absolute Gasteiger partial charge is 0.325 e. The summed E-state index contributed by atoms with van der Waals surface area (Å²) in [4.78, 5) is 25.1. The van der Waals surface area contributed by atoms with Crippen LogP contribution in [0.1, 0.15) is 42.1 Å². The van der Waals surface area contributed by atoms with Gasteiger partial charge < -0.3 is 5.32 Å². The molecule has 1 aliphatic rings. The van der Waals surface area contributed by atoms with Gasteiger partial charge in [0.05, 0.1) is 21.6 Å². The van der Waals surface area contributed by atoms with Crippen molar-refractivity contribution in [2.24, 2.45) is 0 Å². The first-order valence-corrected chi connectivity index (χ1v) is 8.84. The fourth-order valence-electron chi connectivity index (χ4n) is 3.15. The van der Waals surface area contributed by atoms with Crippen molar-refractivity contribution in [2.45, 2.75) is 26.2 Å². The van der Waals surface area contributed by atoms with E-state index in [1.54, 1.807) is 6.07 Å². The van der Waals surface area contributed by atoms with E-state index in [0.29, 0.717) is 23.2 Å². The highest BCUT2D eigenvalue weighted by Gasteiger charge is 2.29. The van der Waals surface area contributed by atoms with Gasteiger partial charge in [-0.05, 0) is 30.1 Å². The summed E-state index contributed by atoms with van der Waals surface area (Å²) >= 11 is 1.40. The summed E-state index contributed by atoms with van der Waals surface area (Å²) in [7, 11) is 0. The Morgan fingerprint density at radius 3 is 2.79 bits per heavy atom. The molecule has 2 aromatic carbocycles. The van der Waals surface area contributed by atoms with Crippen LogP contribution in [0.3, 0.4) is 0 Å². The van der Waals surface area contributed by atoms with Crippen molar-refractivity contribution in [3.05, 3.63) is 47.5 Å². The Bertz CT molecular complexity index is 975. The third-order valence-corrected chi connectivity index (χ3v) is 5.13.